The number of aliphatic hydroxyl groups excluding tert-OH is 1. The number of hydrogen-bond donors (Lipinski definition) is 1. The van der Waals surface area contributed by atoms with E-state index < -0.39 is 6.10 Å². The number of rotatable bonds is 1. The van der Waals surface area contributed by atoms with E-state index in [9.17, 15) is 5.11 Å². The Morgan fingerprint density at radius 3 is 2.79 bits per heavy atom. The number of halogens is 2. The lowest BCUT2D eigenvalue weighted by Crippen LogP contribution is -2.19. The molecule has 1 aliphatic rings. The van der Waals surface area contributed by atoms with Crippen molar-refractivity contribution < 1.29 is 9.84 Å². The van der Waals surface area contributed by atoms with E-state index in [1.165, 1.54) is 0 Å². The zero-order chi connectivity index (χ0) is 13.4. The summed E-state index contributed by atoms with van der Waals surface area (Å²) in [4.78, 5) is 0. The van der Waals surface area contributed by atoms with Gasteiger partial charge in [-0.05, 0) is 24.3 Å². The summed E-state index contributed by atoms with van der Waals surface area (Å²) < 4.78 is 6.91. The van der Waals surface area contributed by atoms with Crippen LogP contribution in [0.1, 0.15) is 29.8 Å². The van der Waals surface area contributed by atoms with Gasteiger partial charge in [-0.3, -0.25) is 0 Å². The Hall–Kier alpha value is -1.03. The highest BCUT2D eigenvalue weighted by molar-refractivity contribution is 9.10. The van der Waals surface area contributed by atoms with Crippen LogP contribution in [0.5, 0.6) is 5.75 Å². The van der Waals surface area contributed by atoms with Crippen LogP contribution in [0, 0.1) is 0 Å². The van der Waals surface area contributed by atoms with Gasteiger partial charge in [0.1, 0.15) is 11.9 Å². The third kappa shape index (κ3) is 2.50. The lowest BCUT2D eigenvalue weighted by Gasteiger charge is -2.30. The summed E-state index contributed by atoms with van der Waals surface area (Å²) in [6.07, 6.45) is -0.243. The molecule has 2 atom stereocenters. The molecule has 1 unspecified atom stereocenters. The van der Waals surface area contributed by atoms with Crippen LogP contribution in [-0.2, 0) is 0 Å². The van der Waals surface area contributed by atoms with Gasteiger partial charge in [0, 0.05) is 27.0 Å². The van der Waals surface area contributed by atoms with Crippen LogP contribution in [0.4, 0.5) is 0 Å². The van der Waals surface area contributed by atoms with Gasteiger partial charge in [0.2, 0.25) is 0 Å². The number of aliphatic hydroxyl groups is 1. The van der Waals surface area contributed by atoms with Crippen molar-refractivity contribution in [2.24, 2.45) is 0 Å². The van der Waals surface area contributed by atoms with E-state index in [0.717, 1.165) is 21.3 Å². The van der Waals surface area contributed by atoms with Crippen LogP contribution < -0.4 is 4.74 Å². The van der Waals surface area contributed by atoms with E-state index in [2.05, 4.69) is 15.9 Å². The van der Waals surface area contributed by atoms with Gasteiger partial charge in [-0.15, -0.1) is 0 Å². The second-order valence-electron chi connectivity index (χ2n) is 4.56. The molecular formula is C15H12BrClO2. The third-order valence-electron chi connectivity index (χ3n) is 3.29. The molecule has 0 radical (unpaired) electrons. The lowest BCUT2D eigenvalue weighted by molar-refractivity contribution is 0.0658. The van der Waals surface area contributed by atoms with E-state index in [-0.39, 0.29) is 6.10 Å². The molecule has 2 aromatic carbocycles. The fraction of sp³-hybridized carbons (Fsp3) is 0.200. The summed E-state index contributed by atoms with van der Waals surface area (Å²) >= 11 is 9.65. The Balaban J connectivity index is 1.99. The summed E-state index contributed by atoms with van der Waals surface area (Å²) in [7, 11) is 0. The van der Waals surface area contributed by atoms with E-state index in [1.807, 2.05) is 42.5 Å². The molecule has 0 aromatic heterocycles. The molecule has 0 amide bonds. The van der Waals surface area contributed by atoms with Crippen molar-refractivity contribution >= 4 is 27.5 Å². The smallest absolute Gasteiger partial charge is 0.128 e. The summed E-state index contributed by atoms with van der Waals surface area (Å²) in [6, 6.07) is 13.2. The summed E-state index contributed by atoms with van der Waals surface area (Å²) in [5.41, 5.74) is 1.73. The average molecular weight is 340 g/mol. The second-order valence-corrected chi connectivity index (χ2v) is 5.88. The second kappa shape index (κ2) is 5.16. The normalized spacial score (nSPS) is 21.6. The maximum absolute atomic E-state index is 10.2. The number of ether oxygens (including phenoxy) is 1. The molecule has 0 aliphatic carbocycles. The first-order chi connectivity index (χ1) is 9.15. The highest BCUT2D eigenvalue weighted by Gasteiger charge is 2.28. The van der Waals surface area contributed by atoms with Crippen LogP contribution in [0.25, 0.3) is 0 Å². The van der Waals surface area contributed by atoms with E-state index >= 15 is 0 Å². The molecule has 19 heavy (non-hydrogen) atoms. The number of para-hydroxylation sites is 1. The quantitative estimate of drug-likeness (QED) is 0.819. The van der Waals surface area contributed by atoms with E-state index in [0.29, 0.717) is 11.4 Å². The van der Waals surface area contributed by atoms with Crippen LogP contribution in [0.3, 0.4) is 0 Å². The van der Waals surface area contributed by atoms with Gasteiger partial charge in [0.05, 0.1) is 6.10 Å². The topological polar surface area (TPSA) is 29.5 Å². The van der Waals surface area contributed by atoms with Gasteiger partial charge in [-0.1, -0.05) is 45.7 Å². The van der Waals surface area contributed by atoms with Gasteiger partial charge in [0.25, 0.3) is 0 Å². The Morgan fingerprint density at radius 2 is 1.95 bits per heavy atom. The Morgan fingerprint density at radius 1 is 1.16 bits per heavy atom. The van der Waals surface area contributed by atoms with Crippen LogP contribution in [0.2, 0.25) is 5.02 Å². The molecule has 1 aliphatic heterocycles. The molecule has 0 saturated heterocycles. The first kappa shape index (κ1) is 13.0. The Kier molecular flexibility index (Phi) is 3.52. The van der Waals surface area contributed by atoms with Gasteiger partial charge in [0.15, 0.2) is 0 Å². The molecule has 0 saturated carbocycles. The van der Waals surface area contributed by atoms with E-state index in [1.54, 1.807) is 0 Å². The molecule has 98 valence electrons. The minimum Gasteiger partial charge on any atom is -0.485 e. The summed E-state index contributed by atoms with van der Waals surface area (Å²) in [5.74, 6) is 0.724. The molecule has 2 aromatic rings. The van der Waals surface area contributed by atoms with Gasteiger partial charge in [-0.2, -0.15) is 0 Å². The summed E-state index contributed by atoms with van der Waals surface area (Å²) in [6.45, 7) is 0. The molecule has 0 spiro atoms. The third-order valence-corrected chi connectivity index (χ3v) is 4.13. The predicted octanol–water partition coefficient (Wildman–Crippen LogP) is 4.66. The van der Waals surface area contributed by atoms with Gasteiger partial charge >= 0.3 is 0 Å². The minimum atomic E-state index is -0.523. The number of benzene rings is 2. The van der Waals surface area contributed by atoms with Crippen molar-refractivity contribution in [1.82, 2.24) is 0 Å². The van der Waals surface area contributed by atoms with Gasteiger partial charge in [-0.25, -0.2) is 0 Å². The van der Waals surface area contributed by atoms with Crippen molar-refractivity contribution in [2.45, 2.75) is 18.6 Å². The molecule has 4 heteroatoms. The van der Waals surface area contributed by atoms with Crippen molar-refractivity contribution in [3.05, 3.63) is 63.1 Å². The standard InChI is InChI=1S/C15H12BrClO2/c16-9-5-6-12(17)11(7-9)15-8-13(18)10-3-1-2-4-14(10)19-15/h1-7,13,15,18H,8H2/t13-,15?/m0/s1. The predicted molar refractivity (Wildman–Crippen MR) is 78.5 cm³/mol. The van der Waals surface area contributed by atoms with Crippen molar-refractivity contribution in [3.8, 4) is 5.75 Å². The first-order valence-corrected chi connectivity index (χ1v) is 7.21. The SMILES string of the molecule is O[C@H]1CC(c2cc(Br)ccc2Cl)Oc2ccccc21. The Labute approximate surface area is 125 Å². The fourth-order valence-electron chi connectivity index (χ4n) is 2.35. The zero-order valence-electron chi connectivity index (χ0n) is 10.0. The minimum absolute atomic E-state index is 0.227. The van der Waals surface area contributed by atoms with Crippen molar-refractivity contribution in [1.29, 1.82) is 0 Å². The molecule has 1 N–H and O–H groups in total. The van der Waals surface area contributed by atoms with Gasteiger partial charge < -0.3 is 9.84 Å². The maximum Gasteiger partial charge on any atom is 0.128 e. The van der Waals surface area contributed by atoms with E-state index in [4.69, 9.17) is 16.3 Å². The Bertz CT molecular complexity index is 615. The monoisotopic (exact) mass is 338 g/mol. The van der Waals surface area contributed by atoms with Crippen LogP contribution in [-0.4, -0.2) is 5.11 Å². The highest BCUT2D eigenvalue weighted by Crippen LogP contribution is 2.42. The van der Waals surface area contributed by atoms with Crippen LogP contribution in [0.15, 0.2) is 46.9 Å². The molecule has 0 bridgehead atoms. The first-order valence-electron chi connectivity index (χ1n) is 6.04. The number of fused-ring (bicyclic) bond motifs is 1. The van der Waals surface area contributed by atoms with Crippen molar-refractivity contribution in [2.75, 3.05) is 0 Å². The molecule has 1 heterocycles. The average Bonchev–Trinajstić information content (AvgIpc) is 2.41. The van der Waals surface area contributed by atoms with Crippen LogP contribution >= 0.6 is 27.5 Å². The number of hydrogen-bond acceptors (Lipinski definition) is 2. The molecule has 2 nitrogen and oxygen atoms in total. The summed E-state index contributed by atoms with van der Waals surface area (Å²) in [5, 5.41) is 10.9. The fourth-order valence-corrected chi connectivity index (χ4v) is 2.96. The maximum atomic E-state index is 10.2. The molecular weight excluding hydrogens is 328 g/mol. The van der Waals surface area contributed by atoms with Crippen molar-refractivity contribution in [3.63, 3.8) is 0 Å². The highest BCUT2D eigenvalue weighted by atomic mass is 79.9. The molecule has 0 fully saturated rings. The largest absolute Gasteiger partial charge is 0.485 e. The zero-order valence-corrected chi connectivity index (χ0v) is 12.4. The molecule has 3 rings (SSSR count). The lowest BCUT2D eigenvalue weighted by atomic mass is 9.95.